The summed E-state index contributed by atoms with van der Waals surface area (Å²) >= 11 is 1.07. The average molecular weight is 347 g/mol. The van der Waals surface area contributed by atoms with Gasteiger partial charge in [0.2, 0.25) is 5.91 Å². The van der Waals surface area contributed by atoms with Gasteiger partial charge in [-0.3, -0.25) is 4.79 Å². The van der Waals surface area contributed by atoms with Crippen LogP contribution in [0.25, 0.3) is 0 Å². The molecule has 1 aromatic carbocycles. The summed E-state index contributed by atoms with van der Waals surface area (Å²) in [6.45, 7) is 0. The number of ether oxygens (including phenoxy) is 1. The molecular weight excluding hydrogens is 330 g/mol. The number of carbonyl (C=O) groups is 2. The molecule has 0 aliphatic heterocycles. The number of anilines is 2. The molecule has 0 aliphatic rings. The lowest BCUT2D eigenvalue weighted by Crippen LogP contribution is -2.35. The largest absolute Gasteiger partial charge is 0.467 e. The lowest BCUT2D eigenvalue weighted by Gasteiger charge is -2.16. The van der Waals surface area contributed by atoms with Crippen molar-refractivity contribution in [3.8, 4) is 0 Å². The minimum atomic E-state index is -0.879. The predicted octanol–water partition coefficient (Wildman–Crippen LogP) is 0.764. The van der Waals surface area contributed by atoms with E-state index in [2.05, 4.69) is 15.3 Å². The zero-order valence-electron chi connectivity index (χ0n) is 12.9. The van der Waals surface area contributed by atoms with Crippen molar-refractivity contribution >= 4 is 35.3 Å². The maximum atomic E-state index is 12.1. The van der Waals surface area contributed by atoms with Gasteiger partial charge < -0.3 is 21.5 Å². The van der Waals surface area contributed by atoms with E-state index in [9.17, 15) is 9.59 Å². The summed E-state index contributed by atoms with van der Waals surface area (Å²) in [5.41, 5.74) is 11.8. The minimum Gasteiger partial charge on any atom is -0.467 e. The van der Waals surface area contributed by atoms with E-state index in [1.807, 2.05) is 6.07 Å². The Labute approximate surface area is 143 Å². The van der Waals surface area contributed by atoms with Crippen molar-refractivity contribution < 1.29 is 14.3 Å². The van der Waals surface area contributed by atoms with Crippen molar-refractivity contribution in [2.45, 2.75) is 11.2 Å². The van der Waals surface area contributed by atoms with Crippen LogP contribution in [-0.2, 0) is 14.3 Å². The Kier molecular flexibility index (Phi) is 5.96. The number of carbonyl (C=O) groups excluding carboxylic acids is 2. The third-order valence-electron chi connectivity index (χ3n) is 2.95. The lowest BCUT2D eigenvalue weighted by molar-refractivity contribution is -0.145. The number of nitrogens with one attached hydrogen (secondary N) is 1. The van der Waals surface area contributed by atoms with Crippen LogP contribution < -0.4 is 16.8 Å². The molecule has 2 aromatic rings. The van der Waals surface area contributed by atoms with Crippen molar-refractivity contribution in [3.63, 3.8) is 0 Å². The van der Waals surface area contributed by atoms with E-state index in [0.717, 1.165) is 11.8 Å². The fourth-order valence-corrected chi connectivity index (χ4v) is 2.58. The number of aromatic nitrogens is 2. The molecule has 9 heteroatoms. The van der Waals surface area contributed by atoms with E-state index in [0.29, 0.717) is 5.56 Å². The Morgan fingerprint density at radius 1 is 1.21 bits per heavy atom. The van der Waals surface area contributed by atoms with Crippen LogP contribution in [0.15, 0.2) is 41.6 Å². The number of amides is 1. The number of esters is 1. The highest BCUT2D eigenvalue weighted by atomic mass is 32.2. The molecule has 5 N–H and O–H groups in total. The molecule has 0 aliphatic carbocycles. The van der Waals surface area contributed by atoms with E-state index in [1.165, 1.54) is 13.2 Å². The van der Waals surface area contributed by atoms with Gasteiger partial charge in [-0.15, -0.1) is 0 Å². The summed E-state index contributed by atoms with van der Waals surface area (Å²) in [7, 11) is 1.27. The number of nitrogens with zero attached hydrogens (tertiary/aromatic N) is 2. The van der Waals surface area contributed by atoms with Gasteiger partial charge in [0.15, 0.2) is 11.2 Å². The van der Waals surface area contributed by atoms with Crippen molar-refractivity contribution in [1.82, 2.24) is 15.3 Å². The topological polar surface area (TPSA) is 133 Å². The summed E-state index contributed by atoms with van der Waals surface area (Å²) in [4.78, 5) is 32.0. The Morgan fingerprint density at radius 3 is 2.42 bits per heavy atom. The van der Waals surface area contributed by atoms with Crippen molar-refractivity contribution in [3.05, 3.63) is 42.0 Å². The summed E-state index contributed by atoms with van der Waals surface area (Å²) in [6.07, 6.45) is 0. The van der Waals surface area contributed by atoms with Crippen LogP contribution in [0, 0.1) is 0 Å². The van der Waals surface area contributed by atoms with Gasteiger partial charge in [0.1, 0.15) is 11.6 Å². The molecule has 1 amide bonds. The molecule has 0 bridgehead atoms. The summed E-state index contributed by atoms with van der Waals surface area (Å²) in [5.74, 6) is -0.472. The number of thioether (sulfide) groups is 1. The number of rotatable bonds is 6. The quantitative estimate of drug-likeness (QED) is 0.396. The van der Waals surface area contributed by atoms with Crippen LogP contribution in [0.5, 0.6) is 0 Å². The zero-order valence-corrected chi connectivity index (χ0v) is 13.7. The van der Waals surface area contributed by atoms with Crippen molar-refractivity contribution in [2.75, 3.05) is 24.3 Å². The fourth-order valence-electron chi connectivity index (χ4n) is 1.90. The van der Waals surface area contributed by atoms with Crippen LogP contribution in [0.4, 0.5) is 11.6 Å². The number of benzene rings is 1. The minimum absolute atomic E-state index is 0.00320. The first-order valence-corrected chi connectivity index (χ1v) is 7.93. The summed E-state index contributed by atoms with van der Waals surface area (Å²) in [6, 6.07) is 9.37. The smallest absolute Gasteiger partial charge is 0.333 e. The second-order valence-electron chi connectivity index (χ2n) is 4.72. The van der Waals surface area contributed by atoms with Gasteiger partial charge in [0.05, 0.1) is 12.9 Å². The summed E-state index contributed by atoms with van der Waals surface area (Å²) < 4.78 is 4.74. The first-order valence-electron chi connectivity index (χ1n) is 6.94. The van der Waals surface area contributed by atoms with Crippen molar-refractivity contribution in [2.24, 2.45) is 0 Å². The van der Waals surface area contributed by atoms with Gasteiger partial charge in [0, 0.05) is 6.07 Å². The molecule has 8 nitrogen and oxygen atoms in total. The molecule has 0 radical (unpaired) electrons. The Balaban J connectivity index is 2.01. The maximum absolute atomic E-state index is 12.1. The molecule has 0 spiro atoms. The zero-order chi connectivity index (χ0) is 17.5. The standard InChI is InChI=1S/C15H17N5O3S/c1-23-14(22)13(9-5-3-2-4-6-9)20-12(21)8-24-15-18-10(16)7-11(17)19-15/h2-7,13H,8H2,1H3,(H,20,21)(H4,16,17,18,19). The van der Waals surface area contributed by atoms with Crippen molar-refractivity contribution in [1.29, 1.82) is 0 Å². The third-order valence-corrected chi connectivity index (χ3v) is 3.80. The molecule has 0 fully saturated rings. The molecule has 1 heterocycles. The number of hydrogen-bond acceptors (Lipinski definition) is 8. The third kappa shape index (κ3) is 4.85. The molecule has 2 rings (SSSR count). The van der Waals surface area contributed by atoms with Gasteiger partial charge in [-0.05, 0) is 5.56 Å². The average Bonchev–Trinajstić information content (AvgIpc) is 2.57. The van der Waals surface area contributed by atoms with E-state index in [4.69, 9.17) is 16.2 Å². The predicted molar refractivity (Wildman–Crippen MR) is 90.9 cm³/mol. The first kappa shape index (κ1) is 17.5. The molecule has 24 heavy (non-hydrogen) atoms. The van der Waals surface area contributed by atoms with E-state index in [1.54, 1.807) is 24.3 Å². The lowest BCUT2D eigenvalue weighted by atomic mass is 10.1. The highest BCUT2D eigenvalue weighted by Crippen LogP contribution is 2.18. The van der Waals surface area contributed by atoms with Gasteiger partial charge in [-0.1, -0.05) is 42.1 Å². The Morgan fingerprint density at radius 2 is 1.83 bits per heavy atom. The van der Waals surface area contributed by atoms with Gasteiger partial charge in [0.25, 0.3) is 0 Å². The van der Waals surface area contributed by atoms with Gasteiger partial charge in [-0.2, -0.15) is 0 Å². The first-order chi connectivity index (χ1) is 11.5. The van der Waals surface area contributed by atoms with Gasteiger partial charge in [-0.25, -0.2) is 14.8 Å². The number of hydrogen-bond donors (Lipinski definition) is 3. The molecule has 126 valence electrons. The molecule has 1 aromatic heterocycles. The van der Waals surface area contributed by atoms with Crippen LogP contribution in [0.1, 0.15) is 11.6 Å². The molecule has 1 atom stereocenters. The maximum Gasteiger partial charge on any atom is 0.333 e. The molecule has 1 unspecified atom stereocenters. The monoisotopic (exact) mass is 347 g/mol. The normalized spacial score (nSPS) is 11.5. The highest BCUT2D eigenvalue weighted by molar-refractivity contribution is 7.99. The Bertz CT molecular complexity index is 706. The Hall–Kier alpha value is -2.81. The second kappa shape index (κ2) is 8.16. The summed E-state index contributed by atoms with van der Waals surface area (Å²) in [5, 5.41) is 2.92. The molecular formula is C15H17N5O3S. The van der Waals surface area contributed by atoms with Crippen LogP contribution in [0.3, 0.4) is 0 Å². The fraction of sp³-hybridized carbons (Fsp3) is 0.200. The number of nitrogens with two attached hydrogens (primary N) is 2. The second-order valence-corrected chi connectivity index (χ2v) is 5.67. The van der Waals surface area contributed by atoms with Crippen LogP contribution in [-0.4, -0.2) is 34.7 Å². The van der Waals surface area contributed by atoms with Gasteiger partial charge >= 0.3 is 5.97 Å². The van der Waals surface area contributed by atoms with E-state index < -0.39 is 12.0 Å². The number of nitrogen functional groups attached to an aromatic ring is 2. The number of methoxy groups -OCH3 is 1. The SMILES string of the molecule is COC(=O)C(NC(=O)CSc1nc(N)cc(N)n1)c1ccccc1. The van der Waals surface area contributed by atoms with E-state index >= 15 is 0 Å². The molecule has 0 saturated carbocycles. The van der Waals surface area contributed by atoms with Crippen LogP contribution >= 0.6 is 11.8 Å². The highest BCUT2D eigenvalue weighted by Gasteiger charge is 2.23. The van der Waals surface area contributed by atoms with E-state index in [-0.39, 0.29) is 28.5 Å². The molecule has 0 saturated heterocycles. The van der Waals surface area contributed by atoms with Crippen LogP contribution in [0.2, 0.25) is 0 Å².